The molecule has 9 nitrogen and oxygen atoms in total. The standard InChI is InChI=1S/C32H41F2N7O2/c1-39-21-9-6-10-22(39)14-19(13-21)36-29(42)23-15-25(34)26(16-24(23)33)37-31-35-17-27-28(38-31)41(20-7-4-3-5-8-20)18-32(11-12-32)30(43)40(27)2/h15-17,19-22H,3-14,18H2,1-2H3,(H,36,42)(H,35,37,38)/t19-,21-,22+. The lowest BCUT2D eigenvalue weighted by Crippen LogP contribution is -2.55. The number of carbonyl (C=O) groups is 2. The van der Waals surface area contributed by atoms with E-state index in [0.29, 0.717) is 30.1 Å². The van der Waals surface area contributed by atoms with Gasteiger partial charge in [0, 0.05) is 43.8 Å². The Hall–Kier alpha value is -3.34. The molecule has 3 atom stereocenters. The molecule has 2 saturated heterocycles. The van der Waals surface area contributed by atoms with Gasteiger partial charge in [-0.25, -0.2) is 13.8 Å². The second-order valence-corrected chi connectivity index (χ2v) is 13.4. The van der Waals surface area contributed by atoms with E-state index in [2.05, 4.69) is 32.5 Å². The second kappa shape index (κ2) is 11.0. The number of piperidine rings is 2. The molecule has 1 aromatic heterocycles. The molecule has 11 heteroatoms. The monoisotopic (exact) mass is 593 g/mol. The number of carbonyl (C=O) groups excluding carboxylic acids is 2. The van der Waals surface area contributed by atoms with E-state index in [9.17, 15) is 9.59 Å². The van der Waals surface area contributed by atoms with Crippen molar-refractivity contribution >= 4 is 35.0 Å². The molecule has 2 bridgehead atoms. The molecule has 0 unspecified atom stereocenters. The number of amides is 2. The van der Waals surface area contributed by atoms with Crippen molar-refractivity contribution in [1.29, 1.82) is 0 Å². The Morgan fingerprint density at radius 3 is 2.35 bits per heavy atom. The first-order valence-corrected chi connectivity index (χ1v) is 15.9. The number of benzene rings is 1. The molecule has 4 fully saturated rings. The third kappa shape index (κ3) is 5.23. The zero-order valence-electron chi connectivity index (χ0n) is 25.0. The summed E-state index contributed by atoms with van der Waals surface area (Å²) in [4.78, 5) is 41.9. The fourth-order valence-electron chi connectivity index (χ4n) is 7.96. The molecular formula is C32H41F2N7O2. The van der Waals surface area contributed by atoms with Gasteiger partial charge < -0.3 is 25.3 Å². The van der Waals surface area contributed by atoms with E-state index in [-0.39, 0.29) is 35.2 Å². The van der Waals surface area contributed by atoms with Crippen LogP contribution in [-0.4, -0.2) is 71.5 Å². The molecule has 3 aliphatic heterocycles. The largest absolute Gasteiger partial charge is 0.351 e. The van der Waals surface area contributed by atoms with Gasteiger partial charge in [-0.2, -0.15) is 4.98 Å². The Morgan fingerprint density at radius 1 is 0.953 bits per heavy atom. The van der Waals surface area contributed by atoms with E-state index < -0.39 is 23.0 Å². The van der Waals surface area contributed by atoms with E-state index in [1.54, 1.807) is 18.1 Å². The van der Waals surface area contributed by atoms with Crippen molar-refractivity contribution in [2.24, 2.45) is 5.41 Å². The minimum absolute atomic E-state index is 0.0564. The van der Waals surface area contributed by atoms with Crippen LogP contribution < -0.4 is 20.4 Å². The Balaban J connectivity index is 1.12. The van der Waals surface area contributed by atoms with E-state index in [4.69, 9.17) is 4.98 Å². The van der Waals surface area contributed by atoms with Crippen LogP contribution in [0.15, 0.2) is 18.3 Å². The van der Waals surface area contributed by atoms with Gasteiger partial charge in [-0.05, 0) is 64.5 Å². The predicted octanol–water partition coefficient (Wildman–Crippen LogP) is 5.14. The number of nitrogens with one attached hydrogen (secondary N) is 2. The zero-order chi connectivity index (χ0) is 29.9. The van der Waals surface area contributed by atoms with Gasteiger partial charge in [-0.3, -0.25) is 9.59 Å². The maximum Gasteiger partial charge on any atom is 0.254 e. The zero-order valence-corrected chi connectivity index (χ0v) is 25.0. The highest BCUT2D eigenvalue weighted by atomic mass is 19.1. The van der Waals surface area contributed by atoms with Gasteiger partial charge in [-0.15, -0.1) is 0 Å². The number of hydrogen-bond donors (Lipinski definition) is 2. The number of aromatic nitrogens is 2. The summed E-state index contributed by atoms with van der Waals surface area (Å²) in [5.74, 6) is -1.33. The molecule has 5 aliphatic rings. The number of rotatable bonds is 5. The topological polar surface area (TPSA) is 93.7 Å². The molecule has 2 saturated carbocycles. The third-order valence-electron chi connectivity index (χ3n) is 10.7. The van der Waals surface area contributed by atoms with Crippen LogP contribution >= 0.6 is 0 Å². The Labute approximate surface area is 251 Å². The highest BCUT2D eigenvalue weighted by Crippen LogP contribution is 2.52. The van der Waals surface area contributed by atoms with E-state index in [0.717, 1.165) is 76.3 Å². The first kappa shape index (κ1) is 28.4. The highest BCUT2D eigenvalue weighted by molar-refractivity contribution is 6.02. The van der Waals surface area contributed by atoms with Crippen molar-refractivity contribution in [3.63, 3.8) is 0 Å². The van der Waals surface area contributed by atoms with E-state index >= 15 is 8.78 Å². The van der Waals surface area contributed by atoms with E-state index in [1.165, 1.54) is 12.8 Å². The van der Waals surface area contributed by atoms with Crippen LogP contribution in [0.4, 0.5) is 31.9 Å². The molecule has 2 aromatic rings. The summed E-state index contributed by atoms with van der Waals surface area (Å²) in [6.45, 7) is 0.607. The van der Waals surface area contributed by atoms with Gasteiger partial charge in [0.25, 0.3) is 5.91 Å². The Kier molecular flexibility index (Phi) is 7.26. The minimum Gasteiger partial charge on any atom is -0.351 e. The summed E-state index contributed by atoms with van der Waals surface area (Å²) >= 11 is 0. The molecular weight excluding hydrogens is 552 g/mol. The summed E-state index contributed by atoms with van der Waals surface area (Å²) in [5, 5.41) is 5.81. The number of nitrogens with zero attached hydrogens (tertiary/aromatic N) is 5. The van der Waals surface area contributed by atoms with Gasteiger partial charge in [-0.1, -0.05) is 25.7 Å². The second-order valence-electron chi connectivity index (χ2n) is 13.4. The van der Waals surface area contributed by atoms with Crippen LogP contribution in [0.2, 0.25) is 0 Å². The first-order valence-electron chi connectivity index (χ1n) is 15.9. The molecule has 7 rings (SSSR count). The van der Waals surface area contributed by atoms with Crippen LogP contribution in [0.3, 0.4) is 0 Å². The molecule has 2 amide bonds. The van der Waals surface area contributed by atoms with E-state index in [1.807, 2.05) is 0 Å². The van der Waals surface area contributed by atoms with Crippen molar-refractivity contribution in [3.8, 4) is 0 Å². The SMILES string of the molecule is CN1C(=O)C2(CC2)CN(C2CCCCC2)c2nc(Nc3cc(F)c(C(=O)N[C@@H]4C[C@H]5CCC[C@@H](C4)N5C)cc3F)ncc21. The summed E-state index contributed by atoms with van der Waals surface area (Å²) < 4.78 is 30.6. The fraction of sp³-hybridized carbons (Fsp3) is 0.625. The lowest BCUT2D eigenvalue weighted by Gasteiger charge is -2.47. The maximum absolute atomic E-state index is 15.4. The molecule has 1 aromatic carbocycles. The normalized spacial score (nSPS) is 27.1. The van der Waals surface area contributed by atoms with Gasteiger partial charge in [0.15, 0.2) is 5.82 Å². The predicted molar refractivity (Wildman–Crippen MR) is 161 cm³/mol. The molecule has 2 aliphatic carbocycles. The van der Waals surface area contributed by atoms with Gasteiger partial charge >= 0.3 is 0 Å². The molecule has 2 N–H and O–H groups in total. The van der Waals surface area contributed by atoms with Crippen LogP contribution in [0.5, 0.6) is 0 Å². The lowest BCUT2D eigenvalue weighted by molar-refractivity contribution is -0.123. The number of anilines is 4. The highest BCUT2D eigenvalue weighted by Gasteiger charge is 2.55. The first-order chi connectivity index (χ1) is 20.7. The smallest absolute Gasteiger partial charge is 0.254 e. The van der Waals surface area contributed by atoms with Crippen molar-refractivity contribution in [2.75, 3.05) is 35.8 Å². The summed E-state index contributed by atoms with van der Waals surface area (Å²) in [7, 11) is 3.90. The van der Waals surface area contributed by atoms with Gasteiger partial charge in [0.2, 0.25) is 11.9 Å². The van der Waals surface area contributed by atoms with Crippen LogP contribution in [-0.2, 0) is 4.79 Å². The fourth-order valence-corrected chi connectivity index (χ4v) is 7.96. The summed E-state index contributed by atoms with van der Waals surface area (Å²) in [6, 6.07) is 2.98. The Bertz CT molecular complexity index is 1410. The number of halogens is 2. The van der Waals surface area contributed by atoms with Crippen molar-refractivity contribution in [1.82, 2.24) is 20.2 Å². The van der Waals surface area contributed by atoms with Crippen LogP contribution in [0, 0.1) is 17.0 Å². The Morgan fingerprint density at radius 2 is 1.65 bits per heavy atom. The average molecular weight is 594 g/mol. The van der Waals surface area contributed by atoms with Gasteiger partial charge in [0.05, 0.1) is 22.9 Å². The van der Waals surface area contributed by atoms with Crippen LogP contribution in [0.1, 0.15) is 87.4 Å². The maximum atomic E-state index is 15.4. The number of fused-ring (bicyclic) bond motifs is 3. The molecule has 230 valence electrons. The summed E-state index contributed by atoms with van der Waals surface area (Å²) in [5.41, 5.74) is -0.225. The van der Waals surface area contributed by atoms with Crippen molar-refractivity contribution in [3.05, 3.63) is 35.5 Å². The lowest BCUT2D eigenvalue weighted by atomic mass is 9.82. The average Bonchev–Trinajstić information content (AvgIpc) is 3.79. The summed E-state index contributed by atoms with van der Waals surface area (Å²) in [6.07, 6.45) is 13.9. The quantitative estimate of drug-likeness (QED) is 0.496. The molecule has 4 heterocycles. The minimum atomic E-state index is -0.811. The molecule has 0 radical (unpaired) electrons. The van der Waals surface area contributed by atoms with Crippen LogP contribution in [0.25, 0.3) is 0 Å². The molecule has 1 spiro atoms. The van der Waals surface area contributed by atoms with Crippen molar-refractivity contribution < 1.29 is 18.4 Å². The molecule has 43 heavy (non-hydrogen) atoms. The van der Waals surface area contributed by atoms with Crippen molar-refractivity contribution in [2.45, 2.75) is 101 Å². The number of hydrogen-bond acceptors (Lipinski definition) is 7. The third-order valence-corrected chi connectivity index (χ3v) is 10.7. The van der Waals surface area contributed by atoms with Gasteiger partial charge in [0.1, 0.15) is 17.3 Å².